The minimum atomic E-state index is -0.384. The van der Waals surface area contributed by atoms with Gasteiger partial charge in [0.15, 0.2) is 0 Å². The molecule has 0 unspecified atom stereocenters. The van der Waals surface area contributed by atoms with Crippen molar-refractivity contribution in [2.45, 2.75) is 43.6 Å². The van der Waals surface area contributed by atoms with E-state index in [1.54, 1.807) is 11.8 Å². The number of rotatable bonds is 5. The second kappa shape index (κ2) is 7.91. The van der Waals surface area contributed by atoms with E-state index in [0.29, 0.717) is 5.75 Å². The molecule has 1 aliphatic carbocycles. The molecule has 0 saturated heterocycles. The summed E-state index contributed by atoms with van der Waals surface area (Å²) >= 11 is 7.48. The van der Waals surface area contributed by atoms with E-state index in [4.69, 9.17) is 11.6 Å². The standard InChI is InChI=1S/C15H20ClNO2S/c16-12-5-3-4-11(8-12)9-20-10-15(19)17-13-6-1-2-7-14(13)18/h3-5,8,13-14,18H,1-2,6-7,9-10H2,(H,17,19)/t13-,14-/m0/s1. The minimum absolute atomic E-state index is 0.00276. The largest absolute Gasteiger partial charge is 0.391 e. The third-order valence-electron chi connectivity index (χ3n) is 3.47. The number of halogens is 1. The fourth-order valence-corrected chi connectivity index (χ4v) is 3.42. The van der Waals surface area contributed by atoms with Gasteiger partial charge < -0.3 is 10.4 Å². The van der Waals surface area contributed by atoms with Crippen LogP contribution in [0, 0.1) is 0 Å². The number of aliphatic hydroxyl groups excluding tert-OH is 1. The van der Waals surface area contributed by atoms with Crippen molar-refractivity contribution in [3.8, 4) is 0 Å². The summed E-state index contributed by atoms with van der Waals surface area (Å²) in [5.74, 6) is 1.18. The lowest BCUT2D eigenvalue weighted by molar-refractivity contribution is -0.120. The van der Waals surface area contributed by atoms with Crippen molar-refractivity contribution in [3.63, 3.8) is 0 Å². The maximum Gasteiger partial charge on any atom is 0.230 e. The van der Waals surface area contributed by atoms with Gasteiger partial charge in [-0.3, -0.25) is 4.79 Å². The van der Waals surface area contributed by atoms with E-state index in [1.165, 1.54) is 0 Å². The van der Waals surface area contributed by atoms with Gasteiger partial charge in [-0.1, -0.05) is 36.6 Å². The fourth-order valence-electron chi connectivity index (χ4n) is 2.42. The van der Waals surface area contributed by atoms with Crippen LogP contribution in [-0.4, -0.2) is 28.9 Å². The molecule has 110 valence electrons. The highest BCUT2D eigenvalue weighted by atomic mass is 35.5. The number of amides is 1. The summed E-state index contributed by atoms with van der Waals surface area (Å²) in [6.45, 7) is 0. The van der Waals surface area contributed by atoms with Crippen LogP contribution in [0.3, 0.4) is 0 Å². The van der Waals surface area contributed by atoms with Crippen LogP contribution >= 0.6 is 23.4 Å². The summed E-state index contributed by atoms with van der Waals surface area (Å²) in [7, 11) is 0. The Labute approximate surface area is 129 Å². The lowest BCUT2D eigenvalue weighted by atomic mass is 9.93. The summed E-state index contributed by atoms with van der Waals surface area (Å²) in [5, 5.41) is 13.5. The smallest absolute Gasteiger partial charge is 0.230 e. The fraction of sp³-hybridized carbons (Fsp3) is 0.533. The first kappa shape index (κ1) is 15.7. The molecular weight excluding hydrogens is 294 g/mol. The van der Waals surface area contributed by atoms with Crippen LogP contribution in [0.15, 0.2) is 24.3 Å². The molecule has 20 heavy (non-hydrogen) atoms. The predicted octanol–water partition coefficient (Wildman–Crippen LogP) is 2.99. The Morgan fingerprint density at radius 3 is 2.95 bits per heavy atom. The van der Waals surface area contributed by atoms with Gasteiger partial charge in [-0.2, -0.15) is 0 Å². The highest BCUT2D eigenvalue weighted by molar-refractivity contribution is 7.99. The molecule has 0 spiro atoms. The van der Waals surface area contributed by atoms with E-state index in [0.717, 1.165) is 42.0 Å². The van der Waals surface area contributed by atoms with Crippen molar-refractivity contribution in [2.75, 3.05) is 5.75 Å². The van der Waals surface area contributed by atoms with Gasteiger partial charge >= 0.3 is 0 Å². The lowest BCUT2D eigenvalue weighted by Gasteiger charge is -2.28. The number of carbonyl (C=O) groups is 1. The highest BCUT2D eigenvalue weighted by Gasteiger charge is 2.24. The van der Waals surface area contributed by atoms with Gasteiger partial charge in [-0.25, -0.2) is 0 Å². The topological polar surface area (TPSA) is 49.3 Å². The van der Waals surface area contributed by atoms with Crippen LogP contribution in [0.2, 0.25) is 5.02 Å². The number of hydrogen-bond acceptors (Lipinski definition) is 3. The molecule has 0 aromatic heterocycles. The number of carbonyl (C=O) groups excluding carboxylic acids is 1. The molecular formula is C15H20ClNO2S. The van der Waals surface area contributed by atoms with Crippen molar-refractivity contribution in [1.29, 1.82) is 0 Å². The summed E-state index contributed by atoms with van der Waals surface area (Å²) in [6, 6.07) is 7.60. The molecule has 2 rings (SSSR count). The van der Waals surface area contributed by atoms with Crippen LogP contribution < -0.4 is 5.32 Å². The van der Waals surface area contributed by atoms with Crippen LogP contribution in [0.25, 0.3) is 0 Å². The minimum Gasteiger partial charge on any atom is -0.391 e. The van der Waals surface area contributed by atoms with Crippen molar-refractivity contribution in [3.05, 3.63) is 34.9 Å². The van der Waals surface area contributed by atoms with Crippen LogP contribution in [0.1, 0.15) is 31.2 Å². The quantitative estimate of drug-likeness (QED) is 0.878. The Balaban J connectivity index is 1.70. The maximum atomic E-state index is 11.8. The average molecular weight is 314 g/mol. The number of hydrogen-bond donors (Lipinski definition) is 2. The molecule has 1 amide bonds. The SMILES string of the molecule is O=C(CSCc1cccc(Cl)c1)N[C@H]1CCCC[C@@H]1O. The Kier molecular flexibility index (Phi) is 6.20. The second-order valence-corrected chi connectivity index (χ2v) is 6.57. The molecule has 0 aliphatic heterocycles. The summed E-state index contributed by atoms with van der Waals surface area (Å²) in [5.41, 5.74) is 1.12. The van der Waals surface area contributed by atoms with Crippen LogP contribution in [-0.2, 0) is 10.5 Å². The van der Waals surface area contributed by atoms with Gasteiger partial charge in [-0.15, -0.1) is 11.8 Å². The van der Waals surface area contributed by atoms with E-state index in [-0.39, 0.29) is 18.1 Å². The van der Waals surface area contributed by atoms with Gasteiger partial charge in [0, 0.05) is 10.8 Å². The van der Waals surface area contributed by atoms with E-state index in [9.17, 15) is 9.90 Å². The summed E-state index contributed by atoms with van der Waals surface area (Å²) < 4.78 is 0. The number of thioether (sulfide) groups is 1. The molecule has 2 atom stereocenters. The predicted molar refractivity (Wildman–Crippen MR) is 84.0 cm³/mol. The Bertz CT molecular complexity index is 455. The van der Waals surface area contributed by atoms with E-state index < -0.39 is 0 Å². The van der Waals surface area contributed by atoms with Gasteiger partial charge in [0.25, 0.3) is 0 Å². The molecule has 2 N–H and O–H groups in total. The first-order valence-corrected chi connectivity index (χ1v) is 8.48. The van der Waals surface area contributed by atoms with E-state index >= 15 is 0 Å². The third-order valence-corrected chi connectivity index (χ3v) is 4.71. The van der Waals surface area contributed by atoms with Crippen molar-refractivity contribution in [1.82, 2.24) is 5.32 Å². The van der Waals surface area contributed by atoms with E-state index in [2.05, 4.69) is 5.32 Å². The first-order valence-electron chi connectivity index (χ1n) is 6.95. The Hall–Kier alpha value is -0.710. The number of nitrogens with one attached hydrogen (secondary N) is 1. The maximum absolute atomic E-state index is 11.8. The number of aliphatic hydroxyl groups is 1. The highest BCUT2D eigenvalue weighted by Crippen LogP contribution is 2.19. The molecule has 5 heteroatoms. The Morgan fingerprint density at radius 2 is 2.20 bits per heavy atom. The molecule has 1 aliphatic rings. The van der Waals surface area contributed by atoms with Gasteiger partial charge in [-0.05, 0) is 30.5 Å². The van der Waals surface area contributed by atoms with Crippen LogP contribution in [0.5, 0.6) is 0 Å². The molecule has 0 heterocycles. The van der Waals surface area contributed by atoms with Crippen LogP contribution in [0.4, 0.5) is 0 Å². The number of benzene rings is 1. The first-order chi connectivity index (χ1) is 9.65. The molecule has 3 nitrogen and oxygen atoms in total. The van der Waals surface area contributed by atoms with Crippen molar-refractivity contribution >= 4 is 29.3 Å². The monoisotopic (exact) mass is 313 g/mol. The van der Waals surface area contributed by atoms with Gasteiger partial charge in [0.1, 0.15) is 0 Å². The molecule has 0 bridgehead atoms. The molecule has 1 aromatic carbocycles. The molecule has 0 radical (unpaired) electrons. The van der Waals surface area contributed by atoms with Gasteiger partial charge in [0.2, 0.25) is 5.91 Å². The summed E-state index contributed by atoms with van der Waals surface area (Å²) in [6.07, 6.45) is 3.42. The zero-order valence-electron chi connectivity index (χ0n) is 11.3. The molecule has 1 fully saturated rings. The normalized spacial score (nSPS) is 22.5. The third kappa shape index (κ3) is 5.00. The lowest BCUT2D eigenvalue weighted by Crippen LogP contribution is -2.45. The zero-order valence-corrected chi connectivity index (χ0v) is 12.9. The van der Waals surface area contributed by atoms with E-state index in [1.807, 2.05) is 24.3 Å². The second-order valence-electron chi connectivity index (χ2n) is 5.15. The average Bonchev–Trinajstić information content (AvgIpc) is 2.41. The van der Waals surface area contributed by atoms with Crippen molar-refractivity contribution < 1.29 is 9.90 Å². The molecule has 1 aromatic rings. The Morgan fingerprint density at radius 1 is 1.40 bits per heavy atom. The van der Waals surface area contributed by atoms with Gasteiger partial charge in [0.05, 0.1) is 17.9 Å². The molecule has 1 saturated carbocycles. The zero-order chi connectivity index (χ0) is 14.4. The summed E-state index contributed by atoms with van der Waals surface area (Å²) in [4.78, 5) is 11.8. The van der Waals surface area contributed by atoms with Crippen molar-refractivity contribution in [2.24, 2.45) is 0 Å².